The number of anilines is 3. The van der Waals surface area contributed by atoms with E-state index in [0.717, 1.165) is 22.5 Å². The third-order valence-electron chi connectivity index (χ3n) is 6.39. The zero-order valence-electron chi connectivity index (χ0n) is 21.9. The van der Waals surface area contributed by atoms with Crippen molar-refractivity contribution in [2.24, 2.45) is 7.05 Å². The van der Waals surface area contributed by atoms with E-state index in [1.54, 1.807) is 54.6 Å². The molecule has 6 rings (SSSR count). The largest absolute Gasteiger partial charge is 0.350 e. The summed E-state index contributed by atoms with van der Waals surface area (Å²) in [4.78, 5) is 17.7. The number of hydrogen-bond donors (Lipinski definition) is 3. The van der Waals surface area contributed by atoms with Gasteiger partial charge in [0.1, 0.15) is 11.5 Å². The Morgan fingerprint density at radius 2 is 1.95 bits per heavy atom. The number of benzene rings is 2. The Labute approximate surface area is 239 Å². The van der Waals surface area contributed by atoms with E-state index >= 15 is 0 Å². The van der Waals surface area contributed by atoms with E-state index in [9.17, 15) is 9.18 Å². The van der Waals surface area contributed by atoms with Crippen LogP contribution in [0.3, 0.4) is 0 Å². The van der Waals surface area contributed by atoms with Gasteiger partial charge in [-0.25, -0.2) is 9.37 Å². The van der Waals surface area contributed by atoms with Crippen molar-refractivity contribution in [1.29, 1.82) is 0 Å². The number of hydrogen-bond acceptors (Lipinski definition) is 5. The summed E-state index contributed by atoms with van der Waals surface area (Å²) in [6.45, 7) is 1.74. The molecule has 9 nitrogen and oxygen atoms in total. The Bertz CT molecular complexity index is 1980. The topological polar surface area (TPSA) is 105 Å². The van der Waals surface area contributed by atoms with Crippen molar-refractivity contribution in [3.05, 3.63) is 113 Å². The number of aromatic amines is 1. The first-order valence-corrected chi connectivity index (χ1v) is 12.9. The lowest BCUT2D eigenvalue weighted by Gasteiger charge is -2.10. The molecule has 0 bridgehead atoms. The van der Waals surface area contributed by atoms with Crippen molar-refractivity contribution in [1.82, 2.24) is 29.4 Å². The van der Waals surface area contributed by atoms with Gasteiger partial charge in [0, 0.05) is 47.5 Å². The summed E-state index contributed by atoms with van der Waals surface area (Å²) in [7, 11) is 1.81. The molecule has 1 amide bonds. The Morgan fingerprint density at radius 3 is 2.73 bits per heavy atom. The van der Waals surface area contributed by atoms with E-state index in [4.69, 9.17) is 11.6 Å². The van der Waals surface area contributed by atoms with Gasteiger partial charge in [-0.1, -0.05) is 17.5 Å². The number of halogens is 2. The second-order valence-corrected chi connectivity index (χ2v) is 9.79. The number of nitrogens with zero attached hydrogens (tertiary/aromatic N) is 5. The van der Waals surface area contributed by atoms with Gasteiger partial charge in [-0.2, -0.15) is 10.2 Å². The Hall–Kier alpha value is -5.40. The smallest absolute Gasteiger partial charge is 0.258 e. The maximum absolute atomic E-state index is 15.0. The van der Waals surface area contributed by atoms with E-state index in [2.05, 4.69) is 42.8 Å². The molecule has 0 aliphatic rings. The van der Waals surface area contributed by atoms with Crippen LogP contribution in [0.15, 0.2) is 79.6 Å². The van der Waals surface area contributed by atoms with Crippen LogP contribution >= 0.6 is 11.6 Å². The first-order chi connectivity index (χ1) is 19.8. The number of carbonyl (C=O) groups excluding carboxylic acids is 1. The molecule has 202 valence electrons. The van der Waals surface area contributed by atoms with Gasteiger partial charge >= 0.3 is 0 Å². The van der Waals surface area contributed by atoms with Crippen molar-refractivity contribution in [2.75, 3.05) is 10.6 Å². The van der Waals surface area contributed by atoms with E-state index in [1.165, 1.54) is 12.1 Å². The van der Waals surface area contributed by atoms with Crippen molar-refractivity contribution in [3.8, 4) is 23.0 Å². The fraction of sp³-hybridized carbons (Fsp3) is 0.0667. The average Bonchev–Trinajstić information content (AvgIpc) is 3.70. The monoisotopic (exact) mass is 564 g/mol. The van der Waals surface area contributed by atoms with Crippen molar-refractivity contribution < 1.29 is 9.18 Å². The lowest BCUT2D eigenvalue weighted by Crippen LogP contribution is -2.14. The summed E-state index contributed by atoms with van der Waals surface area (Å²) >= 11 is 6.30. The molecule has 0 radical (unpaired) electrons. The summed E-state index contributed by atoms with van der Waals surface area (Å²) < 4.78 is 18.5. The number of pyridine rings is 1. The Morgan fingerprint density at radius 1 is 1.07 bits per heavy atom. The van der Waals surface area contributed by atoms with Crippen molar-refractivity contribution in [2.45, 2.75) is 6.92 Å². The molecular formula is C30H22ClFN8O. The predicted octanol–water partition coefficient (Wildman–Crippen LogP) is 5.95. The minimum atomic E-state index is -0.648. The minimum Gasteiger partial charge on any atom is -0.350 e. The number of fused-ring (bicyclic) bond motifs is 1. The highest BCUT2D eigenvalue weighted by atomic mass is 35.5. The molecule has 0 aliphatic heterocycles. The van der Waals surface area contributed by atoms with Crippen LogP contribution in [0.25, 0.3) is 16.8 Å². The van der Waals surface area contributed by atoms with Crippen molar-refractivity contribution in [3.63, 3.8) is 0 Å². The highest BCUT2D eigenvalue weighted by Crippen LogP contribution is 2.28. The standard InChI is InChI=1S/C30H22ClFN8O/c1-18-8-27(32)26(30(41)38-23-10-20(9-22(31)12-23)21-13-36-39(2)17-21)11-19(18)5-6-25-16-33-29-28(4-3-7-40(25)29)37-24-14-34-35-15-24/h3-4,7-17,37H,1-2H3,(H,34,35)(H,38,41). The maximum atomic E-state index is 15.0. The summed E-state index contributed by atoms with van der Waals surface area (Å²) in [5.41, 5.74) is 5.92. The van der Waals surface area contributed by atoms with Crippen LogP contribution in [0.1, 0.15) is 27.2 Å². The molecule has 0 atom stereocenters. The third-order valence-corrected chi connectivity index (χ3v) is 6.61. The molecule has 11 heteroatoms. The first-order valence-electron chi connectivity index (χ1n) is 12.5. The summed E-state index contributed by atoms with van der Waals surface area (Å²) in [5.74, 6) is 4.92. The fourth-order valence-corrected chi connectivity index (χ4v) is 4.62. The van der Waals surface area contributed by atoms with Crippen LogP contribution in [0.4, 0.5) is 21.5 Å². The van der Waals surface area contributed by atoms with Crippen LogP contribution in [0.5, 0.6) is 0 Å². The third kappa shape index (κ3) is 5.39. The lowest BCUT2D eigenvalue weighted by molar-refractivity contribution is 0.102. The molecule has 0 saturated heterocycles. The van der Waals surface area contributed by atoms with Crippen LogP contribution in [0, 0.1) is 24.6 Å². The number of carbonyl (C=O) groups is 1. The quantitative estimate of drug-likeness (QED) is 0.224. The van der Waals surface area contributed by atoms with Gasteiger partial charge in [-0.3, -0.25) is 19.0 Å². The van der Waals surface area contributed by atoms with Crippen molar-refractivity contribution >= 4 is 40.2 Å². The minimum absolute atomic E-state index is 0.132. The van der Waals surface area contributed by atoms with Gasteiger partial charge in [-0.05, 0) is 66.4 Å². The molecule has 4 heterocycles. The molecule has 3 N–H and O–H groups in total. The van der Waals surface area contributed by atoms with Crippen LogP contribution in [0.2, 0.25) is 5.02 Å². The van der Waals surface area contributed by atoms with E-state index in [-0.39, 0.29) is 5.56 Å². The molecule has 2 aromatic carbocycles. The molecule has 0 fully saturated rings. The van der Waals surface area contributed by atoms with Gasteiger partial charge < -0.3 is 10.6 Å². The molecule has 41 heavy (non-hydrogen) atoms. The molecule has 6 aromatic rings. The van der Waals surface area contributed by atoms with Gasteiger partial charge in [-0.15, -0.1) is 0 Å². The number of aryl methyl sites for hydroxylation is 2. The number of H-pyrrole nitrogens is 1. The number of rotatable bonds is 5. The van der Waals surface area contributed by atoms with Gasteiger partial charge in [0.15, 0.2) is 5.65 Å². The number of aromatic nitrogens is 6. The fourth-order valence-electron chi connectivity index (χ4n) is 4.39. The summed E-state index contributed by atoms with van der Waals surface area (Å²) in [5, 5.41) is 17.3. The Balaban J connectivity index is 1.28. The summed E-state index contributed by atoms with van der Waals surface area (Å²) in [6.07, 6.45) is 10.5. The molecule has 4 aromatic heterocycles. The summed E-state index contributed by atoms with van der Waals surface area (Å²) in [6, 6.07) is 11.7. The number of imidazole rings is 1. The van der Waals surface area contributed by atoms with E-state index in [1.807, 2.05) is 36.0 Å². The van der Waals surface area contributed by atoms with Crippen LogP contribution in [-0.4, -0.2) is 35.3 Å². The van der Waals surface area contributed by atoms with E-state index in [0.29, 0.717) is 33.2 Å². The van der Waals surface area contributed by atoms with E-state index < -0.39 is 11.7 Å². The van der Waals surface area contributed by atoms with Crippen LogP contribution in [-0.2, 0) is 7.05 Å². The molecule has 0 spiro atoms. The normalized spacial score (nSPS) is 10.8. The highest BCUT2D eigenvalue weighted by molar-refractivity contribution is 6.31. The second kappa shape index (κ2) is 10.6. The van der Waals surface area contributed by atoms with Gasteiger partial charge in [0.2, 0.25) is 0 Å². The second-order valence-electron chi connectivity index (χ2n) is 9.35. The predicted molar refractivity (Wildman–Crippen MR) is 156 cm³/mol. The SMILES string of the molecule is Cc1cc(F)c(C(=O)Nc2cc(Cl)cc(-c3cnn(C)c3)c2)cc1C#Cc1cnc2c(Nc3cn[nH]c3)cccn12. The van der Waals surface area contributed by atoms with Crippen LogP contribution < -0.4 is 10.6 Å². The maximum Gasteiger partial charge on any atom is 0.258 e. The molecule has 0 aliphatic carbocycles. The molecular weight excluding hydrogens is 543 g/mol. The average molecular weight is 565 g/mol. The number of nitrogens with one attached hydrogen (secondary N) is 3. The lowest BCUT2D eigenvalue weighted by atomic mass is 10.0. The zero-order chi connectivity index (χ0) is 28.5. The zero-order valence-corrected chi connectivity index (χ0v) is 22.7. The first kappa shape index (κ1) is 25.9. The van der Waals surface area contributed by atoms with Gasteiger partial charge in [0.25, 0.3) is 5.91 Å². The highest BCUT2D eigenvalue weighted by Gasteiger charge is 2.16. The molecule has 0 saturated carbocycles. The molecule has 0 unspecified atom stereocenters. The van der Waals surface area contributed by atoms with Gasteiger partial charge in [0.05, 0.1) is 35.5 Å². The number of amides is 1. The Kier molecular flexibility index (Phi) is 6.71.